The number of aryl methyl sites for hydroxylation is 2. The van der Waals surface area contributed by atoms with Gasteiger partial charge in [0, 0.05) is 10.9 Å². The fraction of sp³-hybridized carbons (Fsp3) is 0.636. The van der Waals surface area contributed by atoms with E-state index >= 15 is 0 Å². The van der Waals surface area contributed by atoms with Crippen LogP contribution < -0.4 is 5.32 Å². The van der Waals surface area contributed by atoms with Gasteiger partial charge in [-0.05, 0) is 56.2 Å². The second-order valence-electron chi connectivity index (χ2n) is 3.86. The topological polar surface area (TPSA) is 12.0 Å². The van der Waals surface area contributed by atoms with Crippen molar-refractivity contribution in [2.45, 2.75) is 38.6 Å². The number of nitrogens with one attached hydrogen (secondary N) is 1. The minimum Gasteiger partial charge on any atom is -0.314 e. The molecule has 1 aromatic rings. The Kier molecular flexibility index (Phi) is 3.01. The van der Waals surface area contributed by atoms with Gasteiger partial charge < -0.3 is 5.32 Å². The smallest absolute Gasteiger partial charge is 0.00749 e. The zero-order valence-corrected chi connectivity index (χ0v) is 8.99. The molecule has 0 bridgehead atoms. The summed E-state index contributed by atoms with van der Waals surface area (Å²) in [7, 11) is 0. The standard InChI is InChI=1S/C11H17NS/c1-9-6-8-13-11(9)5-4-10-3-2-7-12-10/h6,8,10,12H,2-5,7H2,1H3. The maximum atomic E-state index is 3.54. The number of hydrogen-bond donors (Lipinski definition) is 1. The molecule has 0 saturated carbocycles. The van der Waals surface area contributed by atoms with Crippen LogP contribution in [0.1, 0.15) is 29.7 Å². The van der Waals surface area contributed by atoms with Crippen LogP contribution in [0.15, 0.2) is 11.4 Å². The van der Waals surface area contributed by atoms with Crippen LogP contribution >= 0.6 is 11.3 Å². The average molecular weight is 195 g/mol. The van der Waals surface area contributed by atoms with E-state index in [9.17, 15) is 0 Å². The lowest BCUT2D eigenvalue weighted by atomic mass is 10.1. The van der Waals surface area contributed by atoms with Gasteiger partial charge >= 0.3 is 0 Å². The van der Waals surface area contributed by atoms with Crippen molar-refractivity contribution in [2.75, 3.05) is 6.54 Å². The van der Waals surface area contributed by atoms with Crippen molar-refractivity contribution in [3.05, 3.63) is 21.9 Å². The first-order valence-corrected chi connectivity index (χ1v) is 6.00. The van der Waals surface area contributed by atoms with Crippen molar-refractivity contribution in [3.63, 3.8) is 0 Å². The van der Waals surface area contributed by atoms with Gasteiger partial charge in [-0.25, -0.2) is 0 Å². The minimum atomic E-state index is 0.793. The van der Waals surface area contributed by atoms with E-state index < -0.39 is 0 Å². The molecule has 0 amide bonds. The zero-order valence-electron chi connectivity index (χ0n) is 8.18. The molecule has 1 aromatic heterocycles. The average Bonchev–Trinajstić information content (AvgIpc) is 2.72. The van der Waals surface area contributed by atoms with E-state index in [1.807, 2.05) is 11.3 Å². The molecule has 1 aliphatic rings. The lowest BCUT2D eigenvalue weighted by molar-refractivity contribution is 0.561. The summed E-state index contributed by atoms with van der Waals surface area (Å²) in [5.74, 6) is 0. The molecule has 1 nitrogen and oxygen atoms in total. The Morgan fingerprint density at radius 3 is 3.15 bits per heavy atom. The first kappa shape index (κ1) is 9.22. The molecule has 0 radical (unpaired) electrons. The van der Waals surface area contributed by atoms with E-state index in [2.05, 4.69) is 23.7 Å². The third-order valence-corrected chi connectivity index (χ3v) is 3.93. The predicted octanol–water partition coefficient (Wildman–Crippen LogP) is 2.74. The second-order valence-corrected chi connectivity index (χ2v) is 4.86. The van der Waals surface area contributed by atoms with Crippen LogP contribution in [0.3, 0.4) is 0 Å². The largest absolute Gasteiger partial charge is 0.314 e. The van der Waals surface area contributed by atoms with Gasteiger partial charge in [-0.2, -0.15) is 0 Å². The van der Waals surface area contributed by atoms with Crippen molar-refractivity contribution in [1.82, 2.24) is 5.32 Å². The number of thiophene rings is 1. The van der Waals surface area contributed by atoms with Crippen molar-refractivity contribution < 1.29 is 0 Å². The van der Waals surface area contributed by atoms with Crippen LogP contribution in [0.2, 0.25) is 0 Å². The van der Waals surface area contributed by atoms with Crippen molar-refractivity contribution in [1.29, 1.82) is 0 Å². The summed E-state index contributed by atoms with van der Waals surface area (Å²) in [6.07, 6.45) is 5.33. The third-order valence-electron chi connectivity index (χ3n) is 2.85. The monoisotopic (exact) mass is 195 g/mol. The Labute approximate surface area is 84.2 Å². The number of hydrogen-bond acceptors (Lipinski definition) is 2. The summed E-state index contributed by atoms with van der Waals surface area (Å²) in [6.45, 7) is 3.45. The molecule has 0 aromatic carbocycles. The lowest BCUT2D eigenvalue weighted by Gasteiger charge is -2.08. The molecule has 2 rings (SSSR count). The summed E-state index contributed by atoms with van der Waals surface area (Å²) in [6, 6.07) is 3.02. The van der Waals surface area contributed by atoms with Gasteiger partial charge in [0.25, 0.3) is 0 Å². The van der Waals surface area contributed by atoms with E-state index in [1.54, 1.807) is 4.88 Å². The van der Waals surface area contributed by atoms with Gasteiger partial charge in [0.1, 0.15) is 0 Å². The molecular formula is C11H17NS. The molecule has 2 heterocycles. The maximum absolute atomic E-state index is 3.54. The predicted molar refractivity (Wildman–Crippen MR) is 58.4 cm³/mol. The Balaban J connectivity index is 1.82. The summed E-state index contributed by atoms with van der Waals surface area (Å²) in [5, 5.41) is 5.74. The van der Waals surface area contributed by atoms with Gasteiger partial charge in [0.05, 0.1) is 0 Å². The lowest BCUT2D eigenvalue weighted by Crippen LogP contribution is -2.21. The molecule has 1 unspecified atom stereocenters. The summed E-state index contributed by atoms with van der Waals surface area (Å²) < 4.78 is 0. The van der Waals surface area contributed by atoms with Crippen LogP contribution in [0.5, 0.6) is 0 Å². The van der Waals surface area contributed by atoms with Crippen molar-refractivity contribution >= 4 is 11.3 Å². The summed E-state index contributed by atoms with van der Waals surface area (Å²) in [4.78, 5) is 1.58. The van der Waals surface area contributed by atoms with Crippen LogP contribution in [0.25, 0.3) is 0 Å². The van der Waals surface area contributed by atoms with E-state index in [4.69, 9.17) is 0 Å². The first-order valence-electron chi connectivity index (χ1n) is 5.12. The fourth-order valence-corrected chi connectivity index (χ4v) is 2.89. The highest BCUT2D eigenvalue weighted by atomic mass is 32.1. The molecule has 0 aliphatic carbocycles. The van der Waals surface area contributed by atoms with E-state index in [1.165, 1.54) is 37.8 Å². The van der Waals surface area contributed by atoms with Gasteiger partial charge in [0.15, 0.2) is 0 Å². The fourth-order valence-electron chi connectivity index (χ4n) is 1.97. The second kappa shape index (κ2) is 4.25. The number of rotatable bonds is 3. The molecule has 1 N–H and O–H groups in total. The Morgan fingerprint density at radius 2 is 2.54 bits per heavy atom. The molecule has 2 heteroatoms. The first-order chi connectivity index (χ1) is 6.36. The quantitative estimate of drug-likeness (QED) is 0.782. The van der Waals surface area contributed by atoms with Gasteiger partial charge in [-0.1, -0.05) is 0 Å². The van der Waals surface area contributed by atoms with Crippen LogP contribution in [-0.2, 0) is 6.42 Å². The molecule has 1 atom stereocenters. The van der Waals surface area contributed by atoms with E-state index in [0.717, 1.165) is 6.04 Å². The summed E-state index contributed by atoms with van der Waals surface area (Å²) in [5.41, 5.74) is 1.47. The molecule has 1 aliphatic heterocycles. The molecule has 13 heavy (non-hydrogen) atoms. The van der Waals surface area contributed by atoms with Crippen LogP contribution in [0, 0.1) is 6.92 Å². The van der Waals surface area contributed by atoms with Gasteiger partial charge in [-0.15, -0.1) is 11.3 Å². The minimum absolute atomic E-state index is 0.793. The highest BCUT2D eigenvalue weighted by Crippen LogP contribution is 2.19. The SMILES string of the molecule is Cc1ccsc1CCC1CCCN1. The Morgan fingerprint density at radius 1 is 1.62 bits per heavy atom. The molecular weight excluding hydrogens is 178 g/mol. The van der Waals surface area contributed by atoms with Gasteiger partial charge in [-0.3, -0.25) is 0 Å². The maximum Gasteiger partial charge on any atom is 0.00749 e. The molecule has 72 valence electrons. The van der Waals surface area contributed by atoms with E-state index in [-0.39, 0.29) is 0 Å². The third kappa shape index (κ3) is 2.32. The van der Waals surface area contributed by atoms with Crippen molar-refractivity contribution in [3.8, 4) is 0 Å². The highest BCUT2D eigenvalue weighted by molar-refractivity contribution is 7.10. The van der Waals surface area contributed by atoms with Crippen molar-refractivity contribution in [2.24, 2.45) is 0 Å². The van der Waals surface area contributed by atoms with E-state index in [0.29, 0.717) is 0 Å². The Hall–Kier alpha value is -0.340. The highest BCUT2D eigenvalue weighted by Gasteiger charge is 2.13. The molecule has 1 fully saturated rings. The molecule has 1 saturated heterocycles. The zero-order chi connectivity index (χ0) is 9.10. The normalized spacial score (nSPS) is 22.4. The van der Waals surface area contributed by atoms with Gasteiger partial charge in [0.2, 0.25) is 0 Å². The Bertz CT molecular complexity index is 261. The van der Waals surface area contributed by atoms with Crippen LogP contribution in [0.4, 0.5) is 0 Å². The molecule has 0 spiro atoms. The van der Waals surface area contributed by atoms with Crippen LogP contribution in [-0.4, -0.2) is 12.6 Å². The summed E-state index contributed by atoms with van der Waals surface area (Å²) >= 11 is 1.91.